The van der Waals surface area contributed by atoms with Crippen LogP contribution >= 0.6 is 15.9 Å². The average molecular weight is 323 g/mol. The molecule has 19 heavy (non-hydrogen) atoms. The number of nitrogens with two attached hydrogens (primary N) is 1. The van der Waals surface area contributed by atoms with Crippen LogP contribution in [-0.2, 0) is 7.05 Å². The van der Waals surface area contributed by atoms with Crippen molar-refractivity contribution < 1.29 is 4.79 Å². The van der Waals surface area contributed by atoms with Crippen molar-refractivity contribution in [2.75, 3.05) is 0 Å². The summed E-state index contributed by atoms with van der Waals surface area (Å²) in [5.74, 6) is -0.00856. The molecule has 2 N–H and O–H groups in total. The Bertz CT molecular complexity index is 548. The number of hydrogen-bond donors (Lipinski definition) is 1. The van der Waals surface area contributed by atoms with Gasteiger partial charge in [0.1, 0.15) is 5.69 Å². The van der Waals surface area contributed by atoms with E-state index in [1.165, 1.54) is 4.68 Å². The van der Waals surface area contributed by atoms with E-state index in [0.29, 0.717) is 23.1 Å². The Kier molecular flexibility index (Phi) is 4.44. The van der Waals surface area contributed by atoms with Gasteiger partial charge in [0, 0.05) is 19.5 Å². The van der Waals surface area contributed by atoms with Crippen LogP contribution in [0, 0.1) is 0 Å². The molecule has 2 aromatic rings. The molecule has 0 amide bonds. The van der Waals surface area contributed by atoms with Crippen molar-refractivity contribution >= 4 is 21.7 Å². The van der Waals surface area contributed by atoms with E-state index in [0.717, 1.165) is 5.56 Å². The third-order valence-electron chi connectivity index (χ3n) is 2.96. The van der Waals surface area contributed by atoms with E-state index in [1.54, 1.807) is 7.05 Å². The second-order valence-electron chi connectivity index (χ2n) is 4.33. The number of aromatic nitrogens is 3. The Morgan fingerprint density at radius 3 is 2.68 bits per heavy atom. The number of rotatable bonds is 5. The lowest BCUT2D eigenvalue weighted by atomic mass is 10.0. The standard InChI is InChI=1S/C13H15BrN4O/c1-18-12(13(14)16-17-18)11(19)8-7-10(15)9-5-3-2-4-6-9/h2-6,10H,7-8,15H2,1H3. The molecule has 0 aliphatic heterocycles. The SMILES string of the molecule is Cn1nnc(Br)c1C(=O)CCC(N)c1ccccc1. The van der Waals surface area contributed by atoms with E-state index in [1.807, 2.05) is 30.3 Å². The normalized spacial score (nSPS) is 12.4. The van der Waals surface area contributed by atoms with Crippen molar-refractivity contribution in [2.45, 2.75) is 18.9 Å². The summed E-state index contributed by atoms with van der Waals surface area (Å²) in [4.78, 5) is 12.1. The van der Waals surface area contributed by atoms with Gasteiger partial charge in [-0.15, -0.1) is 5.10 Å². The zero-order valence-electron chi connectivity index (χ0n) is 10.6. The number of halogens is 1. The Hall–Kier alpha value is -1.53. The molecule has 0 bridgehead atoms. The van der Waals surface area contributed by atoms with Gasteiger partial charge in [0.2, 0.25) is 0 Å². The van der Waals surface area contributed by atoms with Gasteiger partial charge < -0.3 is 5.73 Å². The summed E-state index contributed by atoms with van der Waals surface area (Å²) in [6, 6.07) is 9.63. The van der Waals surface area contributed by atoms with E-state index < -0.39 is 0 Å². The fourth-order valence-corrected chi connectivity index (χ4v) is 2.45. The van der Waals surface area contributed by atoms with Gasteiger partial charge in [-0.1, -0.05) is 35.5 Å². The smallest absolute Gasteiger partial charge is 0.183 e. The Labute approximate surface area is 119 Å². The number of carbonyl (C=O) groups excluding carboxylic acids is 1. The minimum atomic E-state index is -0.134. The third-order valence-corrected chi connectivity index (χ3v) is 3.49. The average Bonchev–Trinajstić information content (AvgIpc) is 2.76. The molecular weight excluding hydrogens is 308 g/mol. The van der Waals surface area contributed by atoms with E-state index in [9.17, 15) is 4.79 Å². The summed E-state index contributed by atoms with van der Waals surface area (Å²) in [6.45, 7) is 0. The fourth-order valence-electron chi connectivity index (χ4n) is 1.90. The predicted molar refractivity (Wildman–Crippen MR) is 75.6 cm³/mol. The molecule has 1 heterocycles. The van der Waals surface area contributed by atoms with Crippen molar-refractivity contribution in [1.82, 2.24) is 15.0 Å². The third kappa shape index (κ3) is 3.27. The zero-order valence-corrected chi connectivity index (χ0v) is 12.2. The highest BCUT2D eigenvalue weighted by molar-refractivity contribution is 9.10. The molecule has 0 aliphatic carbocycles. The molecule has 1 aromatic carbocycles. The maximum absolute atomic E-state index is 12.1. The van der Waals surface area contributed by atoms with Gasteiger partial charge in [-0.3, -0.25) is 4.79 Å². The molecule has 6 heteroatoms. The molecule has 2 rings (SSSR count). The lowest BCUT2D eigenvalue weighted by molar-refractivity contribution is 0.0967. The van der Waals surface area contributed by atoms with Gasteiger partial charge in [0.25, 0.3) is 0 Å². The van der Waals surface area contributed by atoms with Crippen molar-refractivity contribution in [1.29, 1.82) is 0 Å². The highest BCUT2D eigenvalue weighted by Crippen LogP contribution is 2.19. The number of carbonyl (C=O) groups is 1. The summed E-state index contributed by atoms with van der Waals surface area (Å²) >= 11 is 3.22. The molecule has 0 saturated heterocycles. The van der Waals surface area contributed by atoms with Crippen LogP contribution in [0.3, 0.4) is 0 Å². The molecule has 0 aliphatic rings. The first-order valence-corrected chi connectivity index (χ1v) is 6.78. The van der Waals surface area contributed by atoms with Crippen LogP contribution < -0.4 is 5.73 Å². The molecule has 0 saturated carbocycles. The first-order chi connectivity index (χ1) is 9.09. The fraction of sp³-hybridized carbons (Fsp3) is 0.308. The van der Waals surface area contributed by atoms with Crippen LogP contribution in [-0.4, -0.2) is 20.8 Å². The number of nitrogens with zero attached hydrogens (tertiary/aromatic N) is 3. The molecule has 0 radical (unpaired) electrons. The summed E-state index contributed by atoms with van der Waals surface area (Å²) in [7, 11) is 1.70. The highest BCUT2D eigenvalue weighted by atomic mass is 79.9. The van der Waals surface area contributed by atoms with Gasteiger partial charge in [0.05, 0.1) is 0 Å². The number of Topliss-reactive ketones (excluding diaryl/α,β-unsaturated/α-hetero) is 1. The van der Waals surface area contributed by atoms with Crippen molar-refractivity contribution in [3.05, 3.63) is 46.2 Å². The number of benzene rings is 1. The van der Waals surface area contributed by atoms with Gasteiger partial charge in [0.15, 0.2) is 10.4 Å². The van der Waals surface area contributed by atoms with Crippen LogP contribution in [0.5, 0.6) is 0 Å². The Balaban J connectivity index is 1.98. The maximum atomic E-state index is 12.1. The molecule has 1 atom stereocenters. The molecule has 100 valence electrons. The van der Waals surface area contributed by atoms with Crippen LogP contribution in [0.2, 0.25) is 0 Å². The van der Waals surface area contributed by atoms with E-state index in [2.05, 4.69) is 26.2 Å². The first kappa shape index (κ1) is 13.9. The van der Waals surface area contributed by atoms with Crippen molar-refractivity contribution in [3.63, 3.8) is 0 Å². The predicted octanol–water partition coefficient (Wildman–Crippen LogP) is 2.24. The molecule has 1 unspecified atom stereocenters. The topological polar surface area (TPSA) is 73.8 Å². The van der Waals surface area contributed by atoms with E-state index in [4.69, 9.17) is 5.73 Å². The van der Waals surface area contributed by atoms with Gasteiger partial charge in [-0.25, -0.2) is 4.68 Å². The quantitative estimate of drug-likeness (QED) is 0.857. The van der Waals surface area contributed by atoms with Crippen LogP contribution in [0.1, 0.15) is 34.9 Å². The molecular formula is C13H15BrN4O. The number of aryl methyl sites for hydroxylation is 1. The number of hydrogen-bond acceptors (Lipinski definition) is 4. The highest BCUT2D eigenvalue weighted by Gasteiger charge is 2.18. The largest absolute Gasteiger partial charge is 0.324 e. The second kappa shape index (κ2) is 6.08. The van der Waals surface area contributed by atoms with Crippen LogP contribution in [0.4, 0.5) is 0 Å². The Morgan fingerprint density at radius 1 is 1.42 bits per heavy atom. The van der Waals surface area contributed by atoms with Gasteiger partial charge >= 0.3 is 0 Å². The lowest BCUT2D eigenvalue weighted by Gasteiger charge is -2.11. The molecule has 1 aromatic heterocycles. The minimum Gasteiger partial charge on any atom is -0.324 e. The van der Waals surface area contributed by atoms with Crippen LogP contribution in [0.25, 0.3) is 0 Å². The summed E-state index contributed by atoms with van der Waals surface area (Å²) in [5, 5.41) is 7.59. The first-order valence-electron chi connectivity index (χ1n) is 5.98. The monoisotopic (exact) mass is 322 g/mol. The summed E-state index contributed by atoms with van der Waals surface area (Å²) < 4.78 is 1.95. The maximum Gasteiger partial charge on any atom is 0.183 e. The lowest BCUT2D eigenvalue weighted by Crippen LogP contribution is -2.14. The van der Waals surface area contributed by atoms with E-state index >= 15 is 0 Å². The number of ketones is 1. The van der Waals surface area contributed by atoms with Crippen molar-refractivity contribution in [3.8, 4) is 0 Å². The van der Waals surface area contributed by atoms with Gasteiger partial charge in [-0.05, 0) is 27.9 Å². The Morgan fingerprint density at radius 2 is 2.11 bits per heavy atom. The summed E-state index contributed by atoms with van der Waals surface area (Å²) in [5.41, 5.74) is 7.60. The minimum absolute atomic E-state index is 0.00856. The zero-order chi connectivity index (χ0) is 13.8. The molecule has 5 nitrogen and oxygen atoms in total. The van der Waals surface area contributed by atoms with E-state index in [-0.39, 0.29) is 11.8 Å². The second-order valence-corrected chi connectivity index (χ2v) is 5.08. The van der Waals surface area contributed by atoms with Crippen molar-refractivity contribution in [2.24, 2.45) is 12.8 Å². The summed E-state index contributed by atoms with van der Waals surface area (Å²) in [6.07, 6.45) is 0.969. The molecule has 0 spiro atoms. The van der Waals surface area contributed by atoms with Crippen LogP contribution in [0.15, 0.2) is 34.9 Å². The molecule has 0 fully saturated rings. The van der Waals surface area contributed by atoms with Gasteiger partial charge in [-0.2, -0.15) is 0 Å².